The molecule has 138 valence electrons. The molecule has 7 nitrogen and oxygen atoms in total. The highest BCUT2D eigenvalue weighted by Gasteiger charge is 2.36. The number of rotatable bonds is 8. The number of nitrogens with one attached hydrogen (secondary N) is 2. The molecule has 1 aliphatic rings. The minimum atomic E-state index is -0.736. The van der Waals surface area contributed by atoms with Crippen LogP contribution in [0.3, 0.4) is 0 Å². The van der Waals surface area contributed by atoms with Crippen molar-refractivity contribution in [1.82, 2.24) is 10.6 Å². The fourth-order valence-electron chi connectivity index (χ4n) is 2.92. The fourth-order valence-corrected chi connectivity index (χ4v) is 2.92. The van der Waals surface area contributed by atoms with Gasteiger partial charge in [0.2, 0.25) is 5.91 Å². The van der Waals surface area contributed by atoms with Gasteiger partial charge < -0.3 is 25.8 Å². The number of carbonyl (C=O) groups excluding carboxylic acids is 2. The third kappa shape index (κ3) is 5.09. The summed E-state index contributed by atoms with van der Waals surface area (Å²) in [6.45, 7) is 2.69. The van der Waals surface area contributed by atoms with E-state index < -0.39 is 5.54 Å². The van der Waals surface area contributed by atoms with Crippen LogP contribution in [-0.4, -0.2) is 37.6 Å². The van der Waals surface area contributed by atoms with E-state index in [1.165, 1.54) is 7.11 Å². The highest BCUT2D eigenvalue weighted by molar-refractivity contribution is 5.86. The number of methoxy groups -OCH3 is 1. The van der Waals surface area contributed by atoms with Crippen molar-refractivity contribution in [2.75, 3.05) is 20.3 Å². The van der Waals surface area contributed by atoms with E-state index in [4.69, 9.17) is 15.2 Å². The molecule has 7 heteroatoms. The van der Waals surface area contributed by atoms with Gasteiger partial charge in [-0.1, -0.05) is 18.9 Å². The summed E-state index contributed by atoms with van der Waals surface area (Å²) < 4.78 is 10.8. The summed E-state index contributed by atoms with van der Waals surface area (Å²) in [5.74, 6) is 0.695. The first kappa shape index (κ1) is 19.1. The number of ether oxygens (including phenoxy) is 2. The van der Waals surface area contributed by atoms with E-state index >= 15 is 0 Å². The molecule has 0 atom stereocenters. The van der Waals surface area contributed by atoms with Crippen LogP contribution < -0.4 is 25.8 Å². The molecular formula is C18H27N3O4. The van der Waals surface area contributed by atoms with Crippen LogP contribution in [0.1, 0.15) is 38.2 Å². The third-order valence-electron chi connectivity index (χ3n) is 4.36. The molecule has 1 saturated carbocycles. The molecule has 2 amide bonds. The van der Waals surface area contributed by atoms with Crippen LogP contribution in [-0.2, 0) is 16.1 Å². The maximum absolute atomic E-state index is 12.3. The van der Waals surface area contributed by atoms with Gasteiger partial charge in [-0.2, -0.15) is 0 Å². The highest BCUT2D eigenvalue weighted by Crippen LogP contribution is 2.29. The predicted octanol–water partition coefficient (Wildman–Crippen LogP) is 1.10. The van der Waals surface area contributed by atoms with Gasteiger partial charge in [0.1, 0.15) is 0 Å². The maximum atomic E-state index is 12.3. The summed E-state index contributed by atoms with van der Waals surface area (Å²) in [4.78, 5) is 23.7. The Balaban J connectivity index is 1.93. The smallest absolute Gasteiger partial charge is 0.257 e. The second-order valence-corrected chi connectivity index (χ2v) is 6.27. The van der Waals surface area contributed by atoms with E-state index in [1.807, 2.05) is 13.0 Å². The Bertz CT molecular complexity index is 612. The summed E-state index contributed by atoms with van der Waals surface area (Å²) in [6, 6.07) is 5.34. The maximum Gasteiger partial charge on any atom is 0.257 e. The molecule has 0 saturated heterocycles. The number of amides is 2. The molecule has 1 aliphatic carbocycles. The van der Waals surface area contributed by atoms with E-state index in [1.54, 1.807) is 12.1 Å². The van der Waals surface area contributed by atoms with Gasteiger partial charge in [-0.05, 0) is 37.5 Å². The van der Waals surface area contributed by atoms with E-state index in [-0.39, 0.29) is 18.4 Å². The summed E-state index contributed by atoms with van der Waals surface area (Å²) in [7, 11) is 1.53. The molecule has 0 bridgehead atoms. The van der Waals surface area contributed by atoms with E-state index in [2.05, 4.69) is 10.6 Å². The molecule has 2 rings (SSSR count). The molecule has 1 aromatic carbocycles. The number of hydrogen-bond donors (Lipinski definition) is 3. The zero-order chi connectivity index (χ0) is 18.3. The van der Waals surface area contributed by atoms with Crippen LogP contribution in [0.25, 0.3) is 0 Å². The van der Waals surface area contributed by atoms with Crippen molar-refractivity contribution in [3.63, 3.8) is 0 Å². The Morgan fingerprint density at radius 2 is 1.92 bits per heavy atom. The molecule has 25 heavy (non-hydrogen) atoms. The van der Waals surface area contributed by atoms with Gasteiger partial charge in [-0.15, -0.1) is 0 Å². The Hall–Kier alpha value is -2.28. The van der Waals surface area contributed by atoms with Crippen molar-refractivity contribution in [2.24, 2.45) is 5.73 Å². The van der Waals surface area contributed by atoms with Gasteiger partial charge in [0, 0.05) is 13.1 Å². The summed E-state index contributed by atoms with van der Waals surface area (Å²) in [5.41, 5.74) is 6.28. The highest BCUT2D eigenvalue weighted by atomic mass is 16.5. The first-order valence-corrected chi connectivity index (χ1v) is 8.62. The SMILES string of the molecule is CCNC(=O)COc1ccc(CNC(=O)C2(N)CCCC2)cc1OC. The summed E-state index contributed by atoms with van der Waals surface area (Å²) in [6.07, 6.45) is 3.45. The third-order valence-corrected chi connectivity index (χ3v) is 4.36. The van der Waals surface area contributed by atoms with Gasteiger partial charge in [-0.3, -0.25) is 9.59 Å². The topological polar surface area (TPSA) is 103 Å². The predicted molar refractivity (Wildman–Crippen MR) is 94.4 cm³/mol. The van der Waals surface area contributed by atoms with Gasteiger partial charge >= 0.3 is 0 Å². The van der Waals surface area contributed by atoms with Crippen LogP contribution in [0, 0.1) is 0 Å². The normalized spacial score (nSPS) is 15.5. The van der Waals surface area contributed by atoms with Crippen LogP contribution in [0.2, 0.25) is 0 Å². The standard InChI is InChI=1S/C18H27N3O4/c1-3-20-16(22)12-25-14-7-6-13(10-15(14)24-2)11-21-17(23)18(19)8-4-5-9-18/h6-7,10H,3-5,8-9,11-12,19H2,1-2H3,(H,20,22)(H,21,23). The van der Waals surface area contributed by atoms with Gasteiger partial charge in [0.25, 0.3) is 5.91 Å². The van der Waals surface area contributed by atoms with Crippen molar-refractivity contribution in [1.29, 1.82) is 0 Å². The van der Waals surface area contributed by atoms with Crippen molar-refractivity contribution < 1.29 is 19.1 Å². The van der Waals surface area contributed by atoms with E-state index in [0.717, 1.165) is 31.2 Å². The molecule has 0 radical (unpaired) electrons. The number of benzene rings is 1. The zero-order valence-electron chi connectivity index (χ0n) is 14.9. The van der Waals surface area contributed by atoms with Crippen molar-refractivity contribution >= 4 is 11.8 Å². The second kappa shape index (κ2) is 8.71. The van der Waals surface area contributed by atoms with Crippen LogP contribution in [0.15, 0.2) is 18.2 Å². The average molecular weight is 349 g/mol. The summed E-state index contributed by atoms with van der Waals surface area (Å²) >= 11 is 0. The number of nitrogens with two attached hydrogens (primary N) is 1. The van der Waals surface area contributed by atoms with Crippen LogP contribution in [0.5, 0.6) is 11.5 Å². The fraction of sp³-hybridized carbons (Fsp3) is 0.556. The lowest BCUT2D eigenvalue weighted by atomic mass is 9.98. The van der Waals surface area contributed by atoms with Crippen LogP contribution >= 0.6 is 0 Å². The van der Waals surface area contributed by atoms with Crippen molar-refractivity contribution in [3.05, 3.63) is 23.8 Å². The lowest BCUT2D eigenvalue weighted by Gasteiger charge is -2.22. The first-order valence-electron chi connectivity index (χ1n) is 8.62. The summed E-state index contributed by atoms with van der Waals surface area (Å²) in [5, 5.41) is 5.56. The Kier molecular flexibility index (Phi) is 6.64. The molecule has 4 N–H and O–H groups in total. The minimum absolute atomic E-state index is 0.0734. The molecular weight excluding hydrogens is 322 g/mol. The van der Waals surface area contributed by atoms with Crippen molar-refractivity contribution in [2.45, 2.75) is 44.7 Å². The average Bonchev–Trinajstić information content (AvgIpc) is 3.06. The Morgan fingerprint density at radius 3 is 2.56 bits per heavy atom. The molecule has 1 aromatic rings. The largest absolute Gasteiger partial charge is 0.493 e. The first-order chi connectivity index (χ1) is 12.0. The molecule has 0 unspecified atom stereocenters. The second-order valence-electron chi connectivity index (χ2n) is 6.27. The van der Waals surface area contributed by atoms with Gasteiger partial charge in [-0.25, -0.2) is 0 Å². The van der Waals surface area contributed by atoms with Crippen LogP contribution in [0.4, 0.5) is 0 Å². The lowest BCUT2D eigenvalue weighted by molar-refractivity contribution is -0.126. The lowest BCUT2D eigenvalue weighted by Crippen LogP contribution is -2.51. The molecule has 0 aliphatic heterocycles. The van der Waals surface area contributed by atoms with E-state index in [0.29, 0.717) is 24.6 Å². The Morgan fingerprint density at radius 1 is 1.20 bits per heavy atom. The van der Waals surface area contributed by atoms with Gasteiger partial charge in [0.05, 0.1) is 12.6 Å². The number of hydrogen-bond acceptors (Lipinski definition) is 5. The number of carbonyl (C=O) groups is 2. The molecule has 0 heterocycles. The number of likely N-dealkylation sites (N-methyl/N-ethyl adjacent to an activating group) is 1. The van der Waals surface area contributed by atoms with Gasteiger partial charge in [0.15, 0.2) is 18.1 Å². The molecule has 1 fully saturated rings. The quantitative estimate of drug-likeness (QED) is 0.652. The zero-order valence-corrected chi connectivity index (χ0v) is 14.9. The minimum Gasteiger partial charge on any atom is -0.493 e. The van der Waals surface area contributed by atoms with E-state index in [9.17, 15) is 9.59 Å². The molecule has 0 aromatic heterocycles. The monoisotopic (exact) mass is 349 g/mol. The van der Waals surface area contributed by atoms with Crippen molar-refractivity contribution in [3.8, 4) is 11.5 Å². The Labute approximate surface area is 148 Å². The molecule has 0 spiro atoms.